The van der Waals surface area contributed by atoms with E-state index in [0.29, 0.717) is 10.7 Å². The molecule has 0 saturated carbocycles. The molecule has 1 heterocycles. The van der Waals surface area contributed by atoms with Crippen LogP contribution in [0.5, 0.6) is 0 Å². The van der Waals surface area contributed by atoms with Gasteiger partial charge in [0.05, 0.1) is 22.7 Å². The Bertz CT molecular complexity index is 1110. The largest absolute Gasteiger partial charge is 0.344 e. The number of halogens is 1. The zero-order chi connectivity index (χ0) is 22.5. The van der Waals surface area contributed by atoms with Crippen LogP contribution in [0.4, 0.5) is 5.69 Å². The highest BCUT2D eigenvalue weighted by Gasteiger charge is 2.40. The third-order valence-corrected chi connectivity index (χ3v) is 6.63. The molecule has 162 valence electrons. The molecule has 3 aromatic rings. The number of carbonyl (C=O) groups excluding carboxylic acids is 3. The summed E-state index contributed by atoms with van der Waals surface area (Å²) in [5, 5.41) is 3.10. The molecule has 1 saturated heterocycles. The topological polar surface area (TPSA) is 66.5 Å². The van der Waals surface area contributed by atoms with Gasteiger partial charge in [-0.25, -0.2) is 4.90 Å². The van der Waals surface area contributed by atoms with Gasteiger partial charge in [-0.05, 0) is 35.4 Å². The normalized spacial score (nSPS) is 16.8. The van der Waals surface area contributed by atoms with Gasteiger partial charge in [0.15, 0.2) is 0 Å². The van der Waals surface area contributed by atoms with E-state index in [4.69, 9.17) is 11.6 Å². The Balaban J connectivity index is 1.42. The molecular formula is C25H21ClN2O3S. The van der Waals surface area contributed by atoms with Gasteiger partial charge in [-0.1, -0.05) is 72.3 Å². The fraction of sp³-hybridized carbons (Fsp3) is 0.160. The maximum absolute atomic E-state index is 12.8. The first-order valence-electron chi connectivity index (χ1n) is 10.2. The predicted octanol–water partition coefficient (Wildman–Crippen LogP) is 4.61. The summed E-state index contributed by atoms with van der Waals surface area (Å²) in [5.41, 5.74) is 2.40. The molecule has 0 aromatic heterocycles. The number of thioether (sulfide) groups is 1. The number of nitrogens with zero attached hydrogens (tertiary/aromatic N) is 1. The van der Waals surface area contributed by atoms with Crippen LogP contribution in [-0.4, -0.2) is 28.7 Å². The quantitative estimate of drug-likeness (QED) is 0.518. The SMILES string of the molecule is O=C(CSC1CC(=O)N(c2ccccc2)C1=O)NC(c1ccccc1)c1ccc(Cl)cc1. The minimum Gasteiger partial charge on any atom is -0.344 e. The van der Waals surface area contributed by atoms with E-state index in [1.54, 1.807) is 36.4 Å². The zero-order valence-corrected chi connectivity index (χ0v) is 18.7. The van der Waals surface area contributed by atoms with E-state index < -0.39 is 5.25 Å². The van der Waals surface area contributed by atoms with Crippen LogP contribution >= 0.6 is 23.4 Å². The first kappa shape index (κ1) is 22.1. The molecule has 3 amide bonds. The van der Waals surface area contributed by atoms with E-state index in [1.807, 2.05) is 48.5 Å². The average Bonchev–Trinajstić information content (AvgIpc) is 3.11. The number of imide groups is 1. The van der Waals surface area contributed by atoms with E-state index in [0.717, 1.165) is 11.1 Å². The molecule has 4 rings (SSSR count). The highest BCUT2D eigenvalue weighted by Crippen LogP contribution is 2.30. The number of benzene rings is 3. The fourth-order valence-corrected chi connectivity index (χ4v) is 4.69. The Morgan fingerprint density at radius 1 is 0.938 bits per heavy atom. The smallest absolute Gasteiger partial charge is 0.247 e. The van der Waals surface area contributed by atoms with Crippen LogP contribution in [0.1, 0.15) is 23.6 Å². The summed E-state index contributed by atoms with van der Waals surface area (Å²) in [7, 11) is 0. The second-order valence-corrected chi connectivity index (χ2v) is 9.00. The summed E-state index contributed by atoms with van der Waals surface area (Å²) in [6.07, 6.45) is 0.0883. The lowest BCUT2D eigenvalue weighted by molar-refractivity contribution is -0.121. The zero-order valence-electron chi connectivity index (χ0n) is 17.1. The summed E-state index contributed by atoms with van der Waals surface area (Å²) < 4.78 is 0. The standard InChI is InChI=1S/C25H21ClN2O3S/c26-19-13-11-18(12-14-19)24(17-7-3-1-4-8-17)27-22(29)16-32-21-15-23(30)28(25(21)31)20-9-5-2-6-10-20/h1-14,21,24H,15-16H2,(H,27,29). The third kappa shape index (κ3) is 5.03. The first-order chi connectivity index (χ1) is 15.5. The molecule has 7 heteroatoms. The van der Waals surface area contributed by atoms with Crippen molar-refractivity contribution < 1.29 is 14.4 Å². The Hall–Kier alpha value is -3.09. The molecule has 0 spiro atoms. The van der Waals surface area contributed by atoms with Gasteiger partial charge in [0.1, 0.15) is 0 Å². The molecule has 32 heavy (non-hydrogen) atoms. The van der Waals surface area contributed by atoms with Gasteiger partial charge in [0.25, 0.3) is 0 Å². The van der Waals surface area contributed by atoms with Crippen molar-refractivity contribution in [2.75, 3.05) is 10.7 Å². The Morgan fingerprint density at radius 2 is 1.53 bits per heavy atom. The van der Waals surface area contributed by atoms with Crippen molar-refractivity contribution in [1.29, 1.82) is 0 Å². The molecule has 2 atom stereocenters. The molecule has 0 aliphatic carbocycles. The Labute approximate surface area is 195 Å². The molecule has 3 aromatic carbocycles. The molecule has 1 aliphatic rings. The van der Waals surface area contributed by atoms with Crippen LogP contribution in [0.25, 0.3) is 0 Å². The van der Waals surface area contributed by atoms with Crippen LogP contribution in [0.15, 0.2) is 84.9 Å². The number of amides is 3. The van der Waals surface area contributed by atoms with Crippen LogP contribution < -0.4 is 10.2 Å². The summed E-state index contributed by atoms with van der Waals surface area (Å²) in [5.74, 6) is -0.667. The van der Waals surface area contributed by atoms with Gasteiger partial charge in [0.2, 0.25) is 17.7 Å². The Morgan fingerprint density at radius 3 is 2.19 bits per heavy atom. The lowest BCUT2D eigenvalue weighted by Crippen LogP contribution is -2.33. The van der Waals surface area contributed by atoms with Crippen LogP contribution in [0.2, 0.25) is 5.02 Å². The number of hydrogen-bond donors (Lipinski definition) is 1. The number of rotatable bonds is 7. The Kier molecular flexibility index (Phi) is 6.93. The van der Waals surface area contributed by atoms with Gasteiger partial charge < -0.3 is 5.32 Å². The fourth-order valence-electron chi connectivity index (χ4n) is 3.62. The molecule has 0 bridgehead atoms. The van der Waals surface area contributed by atoms with E-state index in [9.17, 15) is 14.4 Å². The molecule has 1 N–H and O–H groups in total. The number of para-hydroxylation sites is 1. The van der Waals surface area contributed by atoms with Crippen molar-refractivity contribution in [2.24, 2.45) is 0 Å². The van der Waals surface area contributed by atoms with Gasteiger partial charge in [0, 0.05) is 11.4 Å². The third-order valence-electron chi connectivity index (χ3n) is 5.18. The summed E-state index contributed by atoms with van der Waals surface area (Å²) in [6, 6.07) is 25.5. The van der Waals surface area contributed by atoms with Crippen molar-refractivity contribution in [3.05, 3.63) is 101 Å². The minimum absolute atomic E-state index is 0.0727. The predicted molar refractivity (Wildman–Crippen MR) is 128 cm³/mol. The second kappa shape index (κ2) is 10.0. The molecular weight excluding hydrogens is 444 g/mol. The van der Waals surface area contributed by atoms with E-state index >= 15 is 0 Å². The van der Waals surface area contributed by atoms with Gasteiger partial charge in [-0.15, -0.1) is 11.8 Å². The maximum Gasteiger partial charge on any atom is 0.247 e. The lowest BCUT2D eigenvalue weighted by atomic mass is 9.99. The van der Waals surface area contributed by atoms with Crippen LogP contribution in [0.3, 0.4) is 0 Å². The summed E-state index contributed by atoms with van der Waals surface area (Å²) in [6.45, 7) is 0. The van der Waals surface area contributed by atoms with Crippen molar-refractivity contribution >= 4 is 46.8 Å². The molecule has 1 aliphatic heterocycles. The van der Waals surface area contributed by atoms with Crippen molar-refractivity contribution in [3.63, 3.8) is 0 Å². The molecule has 0 radical (unpaired) electrons. The summed E-state index contributed by atoms with van der Waals surface area (Å²) in [4.78, 5) is 39.2. The van der Waals surface area contributed by atoms with Gasteiger partial charge >= 0.3 is 0 Å². The number of anilines is 1. The number of nitrogens with one attached hydrogen (secondary N) is 1. The maximum atomic E-state index is 12.8. The van der Waals surface area contributed by atoms with Crippen molar-refractivity contribution in [1.82, 2.24) is 5.32 Å². The lowest BCUT2D eigenvalue weighted by Gasteiger charge is -2.20. The van der Waals surface area contributed by atoms with E-state index in [-0.39, 0.29) is 35.9 Å². The van der Waals surface area contributed by atoms with Crippen molar-refractivity contribution in [2.45, 2.75) is 17.7 Å². The van der Waals surface area contributed by atoms with Gasteiger partial charge in [-0.2, -0.15) is 0 Å². The van der Waals surface area contributed by atoms with Crippen molar-refractivity contribution in [3.8, 4) is 0 Å². The average molecular weight is 465 g/mol. The van der Waals surface area contributed by atoms with Gasteiger partial charge in [-0.3, -0.25) is 14.4 Å². The molecule has 2 unspecified atom stereocenters. The first-order valence-corrected chi connectivity index (χ1v) is 11.6. The minimum atomic E-state index is -0.570. The second-order valence-electron chi connectivity index (χ2n) is 7.37. The van der Waals surface area contributed by atoms with E-state index in [1.165, 1.54) is 16.7 Å². The number of hydrogen-bond acceptors (Lipinski definition) is 4. The van der Waals surface area contributed by atoms with Crippen LogP contribution in [0, 0.1) is 0 Å². The van der Waals surface area contributed by atoms with Crippen LogP contribution in [-0.2, 0) is 14.4 Å². The highest BCUT2D eigenvalue weighted by atomic mass is 35.5. The molecule has 5 nitrogen and oxygen atoms in total. The van der Waals surface area contributed by atoms with E-state index in [2.05, 4.69) is 5.32 Å². The monoisotopic (exact) mass is 464 g/mol. The summed E-state index contributed by atoms with van der Waals surface area (Å²) >= 11 is 7.21. The highest BCUT2D eigenvalue weighted by molar-refractivity contribution is 8.01. The molecule has 1 fully saturated rings. The number of carbonyl (C=O) groups is 3.